The summed E-state index contributed by atoms with van der Waals surface area (Å²) in [5.41, 5.74) is 5.53. The number of benzene rings is 1. The van der Waals surface area contributed by atoms with Gasteiger partial charge in [-0.1, -0.05) is 15.9 Å². The highest BCUT2D eigenvalue weighted by Gasteiger charge is 2.10. The zero-order chi connectivity index (χ0) is 16.1. The maximum Gasteiger partial charge on any atom is 0.264 e. The number of primary amides is 1. The van der Waals surface area contributed by atoms with E-state index in [1.165, 1.54) is 12.1 Å². The highest BCUT2D eigenvalue weighted by atomic mass is 79.9. The highest BCUT2D eigenvalue weighted by molar-refractivity contribution is 9.10. The second-order valence-corrected chi connectivity index (χ2v) is 5.97. The minimum Gasteiger partial charge on any atom is -0.481 e. The molecule has 1 aromatic carbocycles. The number of nitrogens with zero attached hydrogens (tertiary/aromatic N) is 1. The van der Waals surface area contributed by atoms with E-state index in [0.29, 0.717) is 15.3 Å². The molecule has 9 heteroatoms. The lowest BCUT2D eigenvalue weighted by Gasteiger charge is -2.07. The van der Waals surface area contributed by atoms with Crippen molar-refractivity contribution in [3.05, 3.63) is 39.6 Å². The maximum absolute atomic E-state index is 13.5. The third-order valence-electron chi connectivity index (χ3n) is 2.41. The Bertz CT molecular complexity index is 708. The first-order valence-electron chi connectivity index (χ1n) is 6.04. The Balaban J connectivity index is 1.87. The number of hydrogen-bond donors (Lipinski definition) is 2. The van der Waals surface area contributed by atoms with Crippen LogP contribution >= 0.6 is 27.3 Å². The first kappa shape index (κ1) is 16.4. The molecule has 1 aromatic heterocycles. The number of aromatic nitrogens is 1. The third-order valence-corrected chi connectivity index (χ3v) is 3.71. The smallest absolute Gasteiger partial charge is 0.264 e. The normalized spacial score (nSPS) is 10.3. The van der Waals surface area contributed by atoms with Gasteiger partial charge in [0, 0.05) is 9.85 Å². The summed E-state index contributed by atoms with van der Waals surface area (Å²) >= 11 is 4.29. The Morgan fingerprint density at radius 1 is 1.45 bits per heavy atom. The minimum atomic E-state index is -0.569. The van der Waals surface area contributed by atoms with E-state index >= 15 is 0 Å². The van der Waals surface area contributed by atoms with E-state index in [1.807, 2.05) is 0 Å². The van der Waals surface area contributed by atoms with Crippen LogP contribution in [0.25, 0.3) is 0 Å². The average molecular weight is 388 g/mol. The molecule has 0 radical (unpaired) electrons. The Morgan fingerprint density at radius 2 is 2.23 bits per heavy atom. The predicted octanol–water partition coefficient (Wildman–Crippen LogP) is 2.09. The molecule has 0 saturated heterocycles. The summed E-state index contributed by atoms with van der Waals surface area (Å²) in [5.74, 6) is -1.58. The Labute approximate surface area is 137 Å². The Morgan fingerprint density at radius 3 is 2.91 bits per heavy atom. The number of rotatable bonds is 6. The summed E-state index contributed by atoms with van der Waals surface area (Å²) in [7, 11) is 0. The largest absolute Gasteiger partial charge is 0.481 e. The van der Waals surface area contributed by atoms with Crippen LogP contribution in [0, 0.1) is 5.82 Å². The molecule has 0 spiro atoms. The van der Waals surface area contributed by atoms with E-state index in [2.05, 4.69) is 26.2 Å². The SMILES string of the molecule is NC(=O)Cc1csc(NC(=O)COc2ccc(Br)cc2F)n1. The lowest BCUT2D eigenvalue weighted by Crippen LogP contribution is -2.20. The first-order valence-corrected chi connectivity index (χ1v) is 7.71. The molecule has 6 nitrogen and oxygen atoms in total. The number of thiazole rings is 1. The maximum atomic E-state index is 13.5. The van der Waals surface area contributed by atoms with Crippen LogP contribution in [0.2, 0.25) is 0 Å². The zero-order valence-electron chi connectivity index (χ0n) is 11.1. The van der Waals surface area contributed by atoms with Gasteiger partial charge in [0.2, 0.25) is 5.91 Å². The van der Waals surface area contributed by atoms with Crippen molar-refractivity contribution in [2.24, 2.45) is 5.73 Å². The lowest BCUT2D eigenvalue weighted by atomic mass is 10.3. The van der Waals surface area contributed by atoms with Gasteiger partial charge in [-0.05, 0) is 18.2 Å². The summed E-state index contributed by atoms with van der Waals surface area (Å²) in [4.78, 5) is 26.5. The highest BCUT2D eigenvalue weighted by Crippen LogP contribution is 2.21. The molecule has 0 aliphatic carbocycles. The number of halogens is 2. The van der Waals surface area contributed by atoms with E-state index in [-0.39, 0.29) is 18.8 Å². The standard InChI is InChI=1S/C13H11BrFN3O3S/c14-7-1-2-10(9(15)3-7)21-5-12(20)18-13-17-8(6-22-13)4-11(16)19/h1-3,6H,4-5H2,(H2,16,19)(H,17,18,20). The van der Waals surface area contributed by atoms with Crippen molar-refractivity contribution < 1.29 is 18.7 Å². The summed E-state index contributed by atoms with van der Waals surface area (Å²) in [6.07, 6.45) is 0.00692. The van der Waals surface area contributed by atoms with E-state index in [1.54, 1.807) is 11.4 Å². The van der Waals surface area contributed by atoms with E-state index in [9.17, 15) is 14.0 Å². The first-order chi connectivity index (χ1) is 10.4. The fraction of sp³-hybridized carbons (Fsp3) is 0.154. The van der Waals surface area contributed by atoms with Crippen LogP contribution in [-0.4, -0.2) is 23.4 Å². The van der Waals surface area contributed by atoms with Crippen molar-refractivity contribution in [3.8, 4) is 5.75 Å². The molecule has 116 valence electrons. The topological polar surface area (TPSA) is 94.3 Å². The fourth-order valence-corrected chi connectivity index (χ4v) is 2.57. The number of carbonyl (C=O) groups is 2. The van der Waals surface area contributed by atoms with Gasteiger partial charge >= 0.3 is 0 Å². The number of nitrogens with one attached hydrogen (secondary N) is 1. The van der Waals surface area contributed by atoms with Crippen LogP contribution in [0.3, 0.4) is 0 Å². The minimum absolute atomic E-state index is 0.00692. The van der Waals surface area contributed by atoms with Crippen molar-refractivity contribution in [3.63, 3.8) is 0 Å². The van der Waals surface area contributed by atoms with Crippen LogP contribution in [0.15, 0.2) is 28.1 Å². The molecule has 0 aliphatic heterocycles. The number of anilines is 1. The van der Waals surface area contributed by atoms with Crippen molar-refractivity contribution in [2.75, 3.05) is 11.9 Å². The van der Waals surface area contributed by atoms with Crippen LogP contribution in [-0.2, 0) is 16.0 Å². The molecule has 0 aliphatic rings. The van der Waals surface area contributed by atoms with Gasteiger partial charge in [-0.3, -0.25) is 14.9 Å². The van der Waals surface area contributed by atoms with Crippen LogP contribution in [0.5, 0.6) is 5.75 Å². The predicted molar refractivity (Wildman–Crippen MR) is 83.2 cm³/mol. The molecule has 2 rings (SSSR count). The van der Waals surface area contributed by atoms with Gasteiger partial charge in [0.05, 0.1) is 12.1 Å². The van der Waals surface area contributed by atoms with E-state index in [4.69, 9.17) is 10.5 Å². The van der Waals surface area contributed by atoms with E-state index in [0.717, 1.165) is 11.3 Å². The molecule has 0 saturated carbocycles. The van der Waals surface area contributed by atoms with Crippen LogP contribution < -0.4 is 15.8 Å². The molecule has 0 bridgehead atoms. The third kappa shape index (κ3) is 4.78. The van der Waals surface area contributed by atoms with E-state index < -0.39 is 17.6 Å². The number of nitrogens with two attached hydrogens (primary N) is 1. The molecule has 0 atom stereocenters. The van der Waals surface area contributed by atoms with Crippen molar-refractivity contribution in [1.82, 2.24) is 4.98 Å². The monoisotopic (exact) mass is 387 g/mol. The van der Waals surface area contributed by atoms with Gasteiger partial charge in [0.25, 0.3) is 5.91 Å². The second kappa shape index (κ2) is 7.32. The lowest BCUT2D eigenvalue weighted by molar-refractivity contribution is -0.118. The summed E-state index contributed by atoms with van der Waals surface area (Å²) < 4.78 is 19.2. The Hall–Kier alpha value is -2.00. The quantitative estimate of drug-likeness (QED) is 0.793. The van der Waals surface area contributed by atoms with Crippen molar-refractivity contribution in [2.45, 2.75) is 6.42 Å². The molecule has 0 unspecified atom stereocenters. The van der Waals surface area contributed by atoms with Crippen LogP contribution in [0.1, 0.15) is 5.69 Å². The fourth-order valence-electron chi connectivity index (χ4n) is 1.52. The van der Waals surface area contributed by atoms with Gasteiger partial charge in [-0.25, -0.2) is 9.37 Å². The molecule has 2 amide bonds. The van der Waals surface area contributed by atoms with Gasteiger partial charge in [0.15, 0.2) is 23.3 Å². The molecule has 22 heavy (non-hydrogen) atoms. The summed E-state index contributed by atoms with van der Waals surface area (Å²) in [6, 6.07) is 4.26. The number of hydrogen-bond acceptors (Lipinski definition) is 5. The van der Waals surface area contributed by atoms with Crippen LogP contribution in [0.4, 0.5) is 9.52 Å². The number of ether oxygens (including phenoxy) is 1. The van der Waals surface area contributed by atoms with Gasteiger partial charge in [-0.2, -0.15) is 0 Å². The molecular weight excluding hydrogens is 377 g/mol. The van der Waals surface area contributed by atoms with Crippen molar-refractivity contribution in [1.29, 1.82) is 0 Å². The van der Waals surface area contributed by atoms with Crippen molar-refractivity contribution >= 4 is 44.2 Å². The second-order valence-electron chi connectivity index (χ2n) is 4.20. The summed E-state index contributed by atoms with van der Waals surface area (Å²) in [5, 5.41) is 4.44. The van der Waals surface area contributed by atoms with Gasteiger partial charge < -0.3 is 10.5 Å². The van der Waals surface area contributed by atoms with Gasteiger partial charge in [-0.15, -0.1) is 11.3 Å². The zero-order valence-corrected chi connectivity index (χ0v) is 13.5. The summed E-state index contributed by atoms with van der Waals surface area (Å²) in [6.45, 7) is -0.358. The molecule has 0 fully saturated rings. The molecule has 3 N–H and O–H groups in total. The Kier molecular flexibility index (Phi) is 5.45. The molecular formula is C13H11BrFN3O3S. The number of amides is 2. The average Bonchev–Trinajstić information content (AvgIpc) is 2.84. The van der Waals surface area contributed by atoms with Gasteiger partial charge in [0.1, 0.15) is 0 Å². The molecule has 2 aromatic rings. The number of carbonyl (C=O) groups excluding carboxylic acids is 2. The molecule has 1 heterocycles.